The van der Waals surface area contributed by atoms with Gasteiger partial charge in [-0.1, -0.05) is 0 Å². The molecule has 0 aromatic heterocycles. The van der Waals surface area contributed by atoms with Gasteiger partial charge < -0.3 is 29.9 Å². The Labute approximate surface area is 129 Å². The Kier molecular flexibility index (Phi) is 5.23. The van der Waals surface area contributed by atoms with Crippen molar-refractivity contribution in [3.8, 4) is 5.75 Å². The van der Waals surface area contributed by atoms with Crippen molar-refractivity contribution in [2.45, 2.75) is 30.7 Å². The number of non-ortho nitro benzene ring substituents is 1. The lowest BCUT2D eigenvalue weighted by Crippen LogP contribution is -2.60. The molecular formula is C13H15NO9. The maximum Gasteiger partial charge on any atom is 0.273 e. The molecule has 0 radical (unpaired) electrons. The van der Waals surface area contributed by atoms with E-state index in [1.54, 1.807) is 0 Å². The van der Waals surface area contributed by atoms with E-state index < -0.39 is 47.9 Å². The highest BCUT2D eigenvalue weighted by molar-refractivity contribution is 5.77. The molecule has 1 heterocycles. The molecule has 1 aromatic carbocycles. The number of nitro groups is 1. The minimum Gasteiger partial charge on any atom is -0.462 e. The van der Waals surface area contributed by atoms with Crippen LogP contribution in [0.15, 0.2) is 18.2 Å². The molecule has 0 saturated carbocycles. The van der Waals surface area contributed by atoms with Crippen LogP contribution in [0.5, 0.6) is 5.75 Å². The summed E-state index contributed by atoms with van der Waals surface area (Å²) in [7, 11) is 0. The van der Waals surface area contributed by atoms with Gasteiger partial charge in [0, 0.05) is 11.6 Å². The van der Waals surface area contributed by atoms with Crippen molar-refractivity contribution in [3.05, 3.63) is 33.9 Å². The highest BCUT2D eigenvalue weighted by Crippen LogP contribution is 2.27. The molecule has 126 valence electrons. The summed E-state index contributed by atoms with van der Waals surface area (Å²) >= 11 is 0. The summed E-state index contributed by atoms with van der Waals surface area (Å²) in [6.07, 6.45) is -7.14. The number of carbonyl (C=O) groups is 1. The molecule has 0 unspecified atom stereocenters. The van der Waals surface area contributed by atoms with Crippen LogP contribution in [0.4, 0.5) is 5.69 Å². The lowest BCUT2D eigenvalue weighted by Gasteiger charge is -2.39. The molecule has 4 N–H and O–H groups in total. The van der Waals surface area contributed by atoms with Crippen molar-refractivity contribution >= 4 is 12.0 Å². The number of nitro benzene ring substituents is 1. The van der Waals surface area contributed by atoms with Gasteiger partial charge in [0.25, 0.3) is 5.69 Å². The van der Waals surface area contributed by atoms with E-state index in [1.807, 2.05) is 0 Å². The van der Waals surface area contributed by atoms with Crippen LogP contribution in [0, 0.1) is 10.1 Å². The maximum absolute atomic E-state index is 10.8. The fourth-order valence-corrected chi connectivity index (χ4v) is 2.15. The van der Waals surface area contributed by atoms with E-state index in [0.717, 1.165) is 12.1 Å². The summed E-state index contributed by atoms with van der Waals surface area (Å²) in [4.78, 5) is 20.9. The topological polar surface area (TPSA) is 160 Å². The van der Waals surface area contributed by atoms with Gasteiger partial charge in [-0.15, -0.1) is 0 Å². The van der Waals surface area contributed by atoms with Gasteiger partial charge in [0.05, 0.1) is 17.6 Å². The van der Waals surface area contributed by atoms with Crippen LogP contribution >= 0.6 is 0 Å². The number of aliphatic hydroxyl groups excluding tert-OH is 4. The van der Waals surface area contributed by atoms with Gasteiger partial charge >= 0.3 is 0 Å². The van der Waals surface area contributed by atoms with Gasteiger partial charge in [-0.05, 0) is 6.07 Å². The molecule has 10 heteroatoms. The van der Waals surface area contributed by atoms with Crippen LogP contribution in [0.1, 0.15) is 10.4 Å². The number of hydrogen-bond donors (Lipinski definition) is 4. The standard InChI is InChI=1S/C13H15NO9/c15-4-6-1-7(14(20)21)3-8(2-6)22-13-12(19)11(18)10(17)9(5-16)23-13/h1-4,9-13,16-19H,5H2/t9-,10+,11+,12-,13+/m1/s1. The molecule has 1 saturated heterocycles. The number of nitrogens with zero attached hydrogens (tertiary/aromatic N) is 1. The van der Waals surface area contributed by atoms with Crippen molar-refractivity contribution in [2.75, 3.05) is 6.61 Å². The van der Waals surface area contributed by atoms with Crippen LogP contribution < -0.4 is 4.74 Å². The molecule has 0 aliphatic carbocycles. The zero-order valence-corrected chi connectivity index (χ0v) is 11.7. The second kappa shape index (κ2) is 6.98. The maximum atomic E-state index is 10.8. The Hall–Kier alpha value is -2.11. The zero-order chi connectivity index (χ0) is 17.1. The van der Waals surface area contributed by atoms with Crippen molar-refractivity contribution in [2.24, 2.45) is 0 Å². The number of rotatable bonds is 5. The largest absolute Gasteiger partial charge is 0.462 e. The Morgan fingerprint density at radius 2 is 1.91 bits per heavy atom. The molecule has 23 heavy (non-hydrogen) atoms. The number of benzene rings is 1. The van der Waals surface area contributed by atoms with Crippen LogP contribution in [-0.2, 0) is 4.74 Å². The fourth-order valence-electron chi connectivity index (χ4n) is 2.15. The molecule has 1 aliphatic rings. The van der Waals surface area contributed by atoms with E-state index >= 15 is 0 Å². The normalized spacial score (nSPS) is 30.7. The van der Waals surface area contributed by atoms with E-state index in [4.69, 9.17) is 14.6 Å². The first-order valence-corrected chi connectivity index (χ1v) is 6.59. The molecule has 1 aromatic rings. The first-order valence-electron chi connectivity index (χ1n) is 6.59. The summed E-state index contributed by atoms with van der Waals surface area (Å²) < 4.78 is 10.4. The average Bonchev–Trinajstić information content (AvgIpc) is 2.54. The minimum atomic E-state index is -1.66. The molecule has 0 amide bonds. The number of aliphatic hydroxyl groups is 4. The SMILES string of the molecule is O=Cc1cc(O[C@H]2O[C@H](CO)[C@H](O)[C@H](O)[C@H]2O)cc([N+](=O)[O-])c1. The fraction of sp³-hybridized carbons (Fsp3) is 0.462. The Morgan fingerprint density at radius 1 is 1.22 bits per heavy atom. The smallest absolute Gasteiger partial charge is 0.273 e. The van der Waals surface area contributed by atoms with Crippen LogP contribution in [0.25, 0.3) is 0 Å². The van der Waals surface area contributed by atoms with E-state index in [9.17, 15) is 30.2 Å². The van der Waals surface area contributed by atoms with Crippen molar-refractivity contribution in [3.63, 3.8) is 0 Å². The Balaban J connectivity index is 2.25. The second-order valence-electron chi connectivity index (χ2n) is 4.95. The monoisotopic (exact) mass is 329 g/mol. The van der Waals surface area contributed by atoms with Crippen LogP contribution in [-0.4, -0.2) is 68.9 Å². The molecular weight excluding hydrogens is 314 g/mol. The van der Waals surface area contributed by atoms with Gasteiger partial charge in [0.2, 0.25) is 6.29 Å². The lowest BCUT2D eigenvalue weighted by atomic mass is 9.99. The van der Waals surface area contributed by atoms with Crippen molar-refractivity contribution < 1.29 is 39.6 Å². The molecule has 10 nitrogen and oxygen atoms in total. The minimum absolute atomic E-state index is 0.0289. The van der Waals surface area contributed by atoms with Gasteiger partial charge in [0.15, 0.2) is 0 Å². The molecule has 1 fully saturated rings. The van der Waals surface area contributed by atoms with E-state index in [-0.39, 0.29) is 11.3 Å². The third-order valence-electron chi connectivity index (χ3n) is 3.36. The number of ether oxygens (including phenoxy) is 2. The van der Waals surface area contributed by atoms with Crippen LogP contribution in [0.3, 0.4) is 0 Å². The summed E-state index contributed by atoms with van der Waals surface area (Å²) in [5, 5.41) is 49.0. The van der Waals surface area contributed by atoms with Gasteiger partial charge in [-0.2, -0.15) is 0 Å². The van der Waals surface area contributed by atoms with Crippen molar-refractivity contribution in [1.29, 1.82) is 0 Å². The molecule has 0 spiro atoms. The predicted octanol–water partition coefficient (Wildman–Crippen LogP) is -1.41. The number of carbonyl (C=O) groups excluding carboxylic acids is 1. The number of aldehydes is 1. The summed E-state index contributed by atoms with van der Waals surface area (Å²) in [5.74, 6) is -0.148. The van der Waals surface area contributed by atoms with Crippen LogP contribution in [0.2, 0.25) is 0 Å². The highest BCUT2D eigenvalue weighted by atomic mass is 16.7. The zero-order valence-electron chi connectivity index (χ0n) is 11.7. The summed E-state index contributed by atoms with van der Waals surface area (Å²) in [6.45, 7) is -0.640. The average molecular weight is 329 g/mol. The lowest BCUT2D eigenvalue weighted by molar-refractivity contribution is -0.385. The van der Waals surface area contributed by atoms with E-state index in [1.165, 1.54) is 6.07 Å². The van der Waals surface area contributed by atoms with Gasteiger partial charge in [0.1, 0.15) is 36.5 Å². The first-order chi connectivity index (χ1) is 10.9. The first kappa shape index (κ1) is 17.2. The predicted molar refractivity (Wildman–Crippen MR) is 72.9 cm³/mol. The molecule has 5 atom stereocenters. The van der Waals surface area contributed by atoms with Gasteiger partial charge in [-0.3, -0.25) is 14.9 Å². The molecule has 1 aliphatic heterocycles. The number of hydrogen-bond acceptors (Lipinski definition) is 9. The summed E-state index contributed by atoms with van der Waals surface area (Å²) in [5.41, 5.74) is -0.437. The third kappa shape index (κ3) is 3.63. The van der Waals surface area contributed by atoms with Gasteiger partial charge in [-0.25, -0.2) is 0 Å². The second-order valence-corrected chi connectivity index (χ2v) is 4.95. The van der Waals surface area contributed by atoms with Crippen molar-refractivity contribution in [1.82, 2.24) is 0 Å². The third-order valence-corrected chi connectivity index (χ3v) is 3.36. The molecule has 0 bridgehead atoms. The van der Waals surface area contributed by atoms with E-state index in [2.05, 4.69) is 0 Å². The summed E-state index contributed by atoms with van der Waals surface area (Å²) in [6, 6.07) is 3.23. The van der Waals surface area contributed by atoms with E-state index in [0.29, 0.717) is 6.29 Å². The highest BCUT2D eigenvalue weighted by Gasteiger charge is 2.44. The molecule has 2 rings (SSSR count). The Bertz CT molecular complexity index is 591. The quantitative estimate of drug-likeness (QED) is 0.289. The Morgan fingerprint density at radius 3 is 2.48 bits per heavy atom.